The lowest BCUT2D eigenvalue weighted by atomic mass is 10.2. The highest BCUT2D eigenvalue weighted by molar-refractivity contribution is 5.40. The van der Waals surface area contributed by atoms with Gasteiger partial charge in [-0.2, -0.15) is 0 Å². The summed E-state index contributed by atoms with van der Waals surface area (Å²) in [5.74, 6) is 1.60. The minimum Gasteiger partial charge on any atom is -0.372 e. The number of nitrogens with one attached hydrogen (secondary N) is 1. The fourth-order valence-corrected chi connectivity index (χ4v) is 2.51. The molecule has 1 atom stereocenters. The van der Waals surface area contributed by atoms with Crippen LogP contribution in [0.2, 0.25) is 0 Å². The first-order valence-corrected chi connectivity index (χ1v) is 7.01. The molecular weight excluding hydrogens is 270 g/mol. The zero-order chi connectivity index (χ0) is 14.7. The number of aryl methyl sites for hydroxylation is 1. The molecule has 112 valence electrons. The van der Waals surface area contributed by atoms with Gasteiger partial charge in [-0.1, -0.05) is 5.16 Å². The van der Waals surface area contributed by atoms with E-state index >= 15 is 0 Å². The smallest absolute Gasteiger partial charge is 0.150 e. The predicted molar refractivity (Wildman–Crippen MR) is 76.8 cm³/mol. The molecule has 0 saturated carbocycles. The topological polar surface area (TPSA) is 76.3 Å². The summed E-state index contributed by atoms with van der Waals surface area (Å²) in [4.78, 5) is 11.0. The molecular formula is C14H19N5O2. The van der Waals surface area contributed by atoms with E-state index in [0.29, 0.717) is 6.61 Å². The molecule has 1 aliphatic heterocycles. The highest BCUT2D eigenvalue weighted by Gasteiger charge is 2.26. The molecule has 0 aromatic carbocycles. The molecule has 3 heterocycles. The molecule has 0 aliphatic carbocycles. The predicted octanol–water partition coefficient (Wildman–Crippen LogP) is 1.39. The number of morpholine rings is 1. The van der Waals surface area contributed by atoms with Crippen LogP contribution in [0.4, 0.5) is 5.82 Å². The maximum absolute atomic E-state index is 5.85. The second-order valence-corrected chi connectivity index (χ2v) is 5.06. The summed E-state index contributed by atoms with van der Waals surface area (Å²) >= 11 is 0. The summed E-state index contributed by atoms with van der Waals surface area (Å²) in [5.41, 5.74) is 1.79. The van der Waals surface area contributed by atoms with Crippen LogP contribution in [0.5, 0.6) is 0 Å². The summed E-state index contributed by atoms with van der Waals surface area (Å²) in [6.45, 7) is 4.96. The van der Waals surface area contributed by atoms with E-state index in [1.54, 1.807) is 12.4 Å². The number of anilines is 1. The molecule has 2 aromatic heterocycles. The number of hydrogen-bond acceptors (Lipinski definition) is 7. The molecule has 3 rings (SSSR count). The summed E-state index contributed by atoms with van der Waals surface area (Å²) in [6.07, 6.45) is 3.29. The van der Waals surface area contributed by atoms with Crippen molar-refractivity contribution in [2.45, 2.75) is 19.6 Å². The van der Waals surface area contributed by atoms with E-state index in [2.05, 4.69) is 25.3 Å². The SMILES string of the molecule is CNc1nccnc1[C@@H]1CN(Cc2cc(C)on2)CCO1. The van der Waals surface area contributed by atoms with Gasteiger partial charge in [0.2, 0.25) is 0 Å². The number of rotatable bonds is 4. The normalized spacial score (nSPS) is 19.6. The van der Waals surface area contributed by atoms with Crippen LogP contribution in [0.25, 0.3) is 0 Å². The van der Waals surface area contributed by atoms with Crippen LogP contribution in [0.1, 0.15) is 23.3 Å². The van der Waals surface area contributed by atoms with Crippen LogP contribution in [0.3, 0.4) is 0 Å². The third-order valence-corrected chi connectivity index (χ3v) is 3.48. The Bertz CT molecular complexity index is 601. The second-order valence-electron chi connectivity index (χ2n) is 5.06. The molecule has 0 spiro atoms. The van der Waals surface area contributed by atoms with Crippen LogP contribution in [-0.2, 0) is 11.3 Å². The third-order valence-electron chi connectivity index (χ3n) is 3.48. The van der Waals surface area contributed by atoms with Crippen molar-refractivity contribution < 1.29 is 9.26 Å². The first kappa shape index (κ1) is 14.0. The fourth-order valence-electron chi connectivity index (χ4n) is 2.51. The summed E-state index contributed by atoms with van der Waals surface area (Å²) in [6, 6.07) is 1.96. The first-order valence-electron chi connectivity index (χ1n) is 7.01. The Labute approximate surface area is 123 Å². The van der Waals surface area contributed by atoms with E-state index < -0.39 is 0 Å². The second kappa shape index (κ2) is 6.19. The van der Waals surface area contributed by atoms with Gasteiger partial charge in [0.1, 0.15) is 23.4 Å². The molecule has 21 heavy (non-hydrogen) atoms. The van der Waals surface area contributed by atoms with Crippen molar-refractivity contribution in [2.24, 2.45) is 0 Å². The van der Waals surface area contributed by atoms with Crippen molar-refractivity contribution in [3.8, 4) is 0 Å². The average molecular weight is 289 g/mol. The lowest BCUT2D eigenvalue weighted by Crippen LogP contribution is -2.38. The minimum atomic E-state index is -0.0807. The maximum atomic E-state index is 5.85. The average Bonchev–Trinajstić information content (AvgIpc) is 2.92. The van der Waals surface area contributed by atoms with E-state index in [-0.39, 0.29) is 6.10 Å². The molecule has 1 fully saturated rings. The van der Waals surface area contributed by atoms with E-state index in [4.69, 9.17) is 9.26 Å². The minimum absolute atomic E-state index is 0.0807. The molecule has 2 aromatic rings. The highest BCUT2D eigenvalue weighted by Crippen LogP contribution is 2.25. The number of nitrogens with zero attached hydrogens (tertiary/aromatic N) is 4. The van der Waals surface area contributed by atoms with Crippen molar-refractivity contribution in [3.05, 3.63) is 35.6 Å². The van der Waals surface area contributed by atoms with Crippen molar-refractivity contribution in [2.75, 3.05) is 32.1 Å². The van der Waals surface area contributed by atoms with Gasteiger partial charge < -0.3 is 14.6 Å². The zero-order valence-electron chi connectivity index (χ0n) is 12.2. The molecule has 7 nitrogen and oxygen atoms in total. The Morgan fingerprint density at radius 1 is 1.38 bits per heavy atom. The lowest BCUT2D eigenvalue weighted by molar-refractivity contribution is -0.0353. The van der Waals surface area contributed by atoms with Crippen molar-refractivity contribution in [1.82, 2.24) is 20.0 Å². The van der Waals surface area contributed by atoms with Gasteiger partial charge in [-0.15, -0.1) is 0 Å². The Kier molecular flexibility index (Phi) is 4.12. The zero-order valence-corrected chi connectivity index (χ0v) is 12.2. The monoisotopic (exact) mass is 289 g/mol. The molecule has 0 bridgehead atoms. The fraction of sp³-hybridized carbons (Fsp3) is 0.500. The van der Waals surface area contributed by atoms with Crippen LogP contribution in [0, 0.1) is 6.92 Å². The van der Waals surface area contributed by atoms with Gasteiger partial charge >= 0.3 is 0 Å². The van der Waals surface area contributed by atoms with E-state index in [0.717, 1.165) is 42.6 Å². The number of ether oxygens (including phenoxy) is 1. The third kappa shape index (κ3) is 3.20. The quantitative estimate of drug-likeness (QED) is 0.911. The Morgan fingerprint density at radius 2 is 2.24 bits per heavy atom. The van der Waals surface area contributed by atoms with Crippen LogP contribution >= 0.6 is 0 Å². The Balaban J connectivity index is 1.70. The molecule has 7 heteroatoms. The van der Waals surface area contributed by atoms with Gasteiger partial charge in [-0.25, -0.2) is 4.98 Å². The van der Waals surface area contributed by atoms with Gasteiger partial charge in [-0.3, -0.25) is 9.88 Å². The van der Waals surface area contributed by atoms with Crippen LogP contribution in [0.15, 0.2) is 23.0 Å². The van der Waals surface area contributed by atoms with Crippen molar-refractivity contribution in [1.29, 1.82) is 0 Å². The first-order chi connectivity index (χ1) is 10.3. The van der Waals surface area contributed by atoms with E-state index in [1.807, 2.05) is 20.0 Å². The summed E-state index contributed by atoms with van der Waals surface area (Å²) < 4.78 is 11.0. The molecule has 0 unspecified atom stereocenters. The van der Waals surface area contributed by atoms with Crippen molar-refractivity contribution in [3.63, 3.8) is 0 Å². The van der Waals surface area contributed by atoms with Crippen LogP contribution < -0.4 is 5.32 Å². The van der Waals surface area contributed by atoms with Crippen molar-refractivity contribution >= 4 is 5.82 Å². The standard InChI is InChI=1S/C14H19N5O2/c1-10-7-11(18-21-10)8-19-5-6-20-12(9-19)13-14(15-2)17-4-3-16-13/h3-4,7,12H,5-6,8-9H2,1-2H3,(H,15,17)/t12-/m0/s1. The summed E-state index contributed by atoms with van der Waals surface area (Å²) in [7, 11) is 1.84. The van der Waals surface area contributed by atoms with Gasteiger partial charge in [0, 0.05) is 45.1 Å². The summed E-state index contributed by atoms with van der Waals surface area (Å²) in [5, 5.41) is 7.10. The Hall–Kier alpha value is -1.99. The van der Waals surface area contributed by atoms with Crippen LogP contribution in [-0.4, -0.2) is 46.8 Å². The number of aromatic nitrogens is 3. The van der Waals surface area contributed by atoms with Gasteiger partial charge in [-0.05, 0) is 6.92 Å². The Morgan fingerprint density at radius 3 is 3.00 bits per heavy atom. The molecule has 1 N–H and O–H groups in total. The largest absolute Gasteiger partial charge is 0.372 e. The molecule has 0 amide bonds. The lowest BCUT2D eigenvalue weighted by Gasteiger charge is -2.32. The van der Waals surface area contributed by atoms with Gasteiger partial charge in [0.15, 0.2) is 0 Å². The van der Waals surface area contributed by atoms with Gasteiger partial charge in [0.25, 0.3) is 0 Å². The molecule has 0 radical (unpaired) electrons. The highest BCUT2D eigenvalue weighted by atomic mass is 16.5. The molecule has 1 saturated heterocycles. The number of hydrogen-bond donors (Lipinski definition) is 1. The maximum Gasteiger partial charge on any atom is 0.150 e. The van der Waals surface area contributed by atoms with E-state index in [1.165, 1.54) is 0 Å². The molecule has 1 aliphatic rings. The van der Waals surface area contributed by atoms with E-state index in [9.17, 15) is 0 Å². The van der Waals surface area contributed by atoms with Gasteiger partial charge in [0.05, 0.1) is 12.3 Å².